The molecule has 29 heavy (non-hydrogen) atoms. The number of nitrogens with one attached hydrogen (secondary N) is 1. The topological polar surface area (TPSA) is 47.6 Å². The van der Waals surface area contributed by atoms with Crippen molar-refractivity contribution in [1.29, 1.82) is 0 Å². The van der Waals surface area contributed by atoms with Gasteiger partial charge >= 0.3 is 0 Å². The minimum absolute atomic E-state index is 0.175. The van der Waals surface area contributed by atoms with Gasteiger partial charge in [0.15, 0.2) is 0 Å². The van der Waals surface area contributed by atoms with E-state index in [1.54, 1.807) is 12.1 Å². The van der Waals surface area contributed by atoms with Crippen molar-refractivity contribution in [3.63, 3.8) is 0 Å². The van der Waals surface area contributed by atoms with Crippen molar-refractivity contribution >= 4 is 22.4 Å². The summed E-state index contributed by atoms with van der Waals surface area (Å²) in [7, 11) is 0. The first-order valence-corrected chi connectivity index (χ1v) is 9.49. The summed E-state index contributed by atoms with van der Waals surface area (Å²) in [5.41, 5.74) is 1.30. The monoisotopic (exact) mass is 383 g/mol. The van der Waals surface area contributed by atoms with Gasteiger partial charge in [-0.25, -0.2) is 0 Å². The van der Waals surface area contributed by atoms with E-state index in [0.717, 1.165) is 22.2 Å². The Hall–Kier alpha value is -3.79. The molecule has 1 amide bonds. The summed E-state index contributed by atoms with van der Waals surface area (Å²) >= 11 is 0. The SMILES string of the molecule is O=C(Nc1ccc2ccccc2c1)c1cccc(OCCOc2ccccc2)c1. The first-order valence-electron chi connectivity index (χ1n) is 9.49. The van der Waals surface area contributed by atoms with E-state index in [9.17, 15) is 4.79 Å². The number of carbonyl (C=O) groups excluding carboxylic acids is 1. The van der Waals surface area contributed by atoms with Crippen molar-refractivity contribution in [2.45, 2.75) is 0 Å². The lowest BCUT2D eigenvalue weighted by Crippen LogP contribution is -2.13. The molecule has 0 heterocycles. The van der Waals surface area contributed by atoms with Crippen LogP contribution in [0.1, 0.15) is 10.4 Å². The molecule has 4 nitrogen and oxygen atoms in total. The van der Waals surface area contributed by atoms with E-state index in [4.69, 9.17) is 9.47 Å². The van der Waals surface area contributed by atoms with Crippen LogP contribution in [0.5, 0.6) is 11.5 Å². The molecule has 0 saturated heterocycles. The van der Waals surface area contributed by atoms with Crippen molar-refractivity contribution in [2.24, 2.45) is 0 Å². The van der Waals surface area contributed by atoms with Crippen LogP contribution in [0.3, 0.4) is 0 Å². The van der Waals surface area contributed by atoms with Gasteiger partial charge in [0.25, 0.3) is 5.91 Å². The van der Waals surface area contributed by atoms with Gasteiger partial charge in [-0.2, -0.15) is 0 Å². The fourth-order valence-electron chi connectivity index (χ4n) is 3.03. The average Bonchev–Trinajstić information content (AvgIpc) is 2.77. The van der Waals surface area contributed by atoms with Gasteiger partial charge < -0.3 is 14.8 Å². The van der Waals surface area contributed by atoms with Crippen molar-refractivity contribution in [2.75, 3.05) is 18.5 Å². The van der Waals surface area contributed by atoms with E-state index in [1.165, 1.54) is 0 Å². The summed E-state index contributed by atoms with van der Waals surface area (Å²) in [6.45, 7) is 0.822. The van der Waals surface area contributed by atoms with Gasteiger partial charge in [-0.15, -0.1) is 0 Å². The Morgan fingerprint density at radius 1 is 0.655 bits per heavy atom. The van der Waals surface area contributed by atoms with Crippen LogP contribution in [-0.2, 0) is 0 Å². The zero-order chi connectivity index (χ0) is 19.9. The van der Waals surface area contributed by atoms with Crippen LogP contribution in [0.15, 0.2) is 97.1 Å². The van der Waals surface area contributed by atoms with E-state index >= 15 is 0 Å². The lowest BCUT2D eigenvalue weighted by Gasteiger charge is -2.10. The lowest BCUT2D eigenvalue weighted by atomic mass is 10.1. The zero-order valence-corrected chi connectivity index (χ0v) is 15.9. The number of para-hydroxylation sites is 1. The first-order chi connectivity index (χ1) is 14.3. The number of hydrogen-bond donors (Lipinski definition) is 1. The Morgan fingerprint density at radius 3 is 2.17 bits per heavy atom. The predicted octanol–water partition coefficient (Wildman–Crippen LogP) is 5.55. The van der Waals surface area contributed by atoms with Crippen LogP contribution in [0, 0.1) is 0 Å². The highest BCUT2D eigenvalue weighted by molar-refractivity contribution is 6.05. The maximum absolute atomic E-state index is 12.6. The number of amides is 1. The molecule has 0 atom stereocenters. The number of carbonyl (C=O) groups is 1. The normalized spacial score (nSPS) is 10.5. The van der Waals surface area contributed by atoms with E-state index < -0.39 is 0 Å². The molecule has 4 aromatic carbocycles. The zero-order valence-electron chi connectivity index (χ0n) is 15.9. The summed E-state index contributed by atoms with van der Waals surface area (Å²) in [6.07, 6.45) is 0. The molecule has 0 aromatic heterocycles. The Labute approximate surface area is 169 Å². The van der Waals surface area contributed by atoms with Crippen molar-refractivity contribution < 1.29 is 14.3 Å². The van der Waals surface area contributed by atoms with Crippen LogP contribution < -0.4 is 14.8 Å². The molecule has 0 radical (unpaired) electrons. The molecule has 0 saturated carbocycles. The highest BCUT2D eigenvalue weighted by Crippen LogP contribution is 2.20. The third-order valence-electron chi connectivity index (χ3n) is 4.47. The Morgan fingerprint density at radius 2 is 1.34 bits per heavy atom. The molecule has 0 spiro atoms. The van der Waals surface area contributed by atoms with E-state index in [1.807, 2.05) is 84.9 Å². The summed E-state index contributed by atoms with van der Waals surface area (Å²) < 4.78 is 11.3. The van der Waals surface area contributed by atoms with Gasteiger partial charge in [-0.05, 0) is 53.2 Å². The number of hydrogen-bond acceptors (Lipinski definition) is 3. The highest BCUT2D eigenvalue weighted by atomic mass is 16.5. The molecule has 4 aromatic rings. The molecule has 0 unspecified atom stereocenters. The average molecular weight is 383 g/mol. The van der Waals surface area contributed by atoms with Gasteiger partial charge in [-0.3, -0.25) is 4.79 Å². The lowest BCUT2D eigenvalue weighted by molar-refractivity contribution is 0.102. The molecule has 0 aliphatic rings. The number of benzene rings is 4. The molecule has 0 aliphatic carbocycles. The highest BCUT2D eigenvalue weighted by Gasteiger charge is 2.08. The number of ether oxygens (including phenoxy) is 2. The minimum Gasteiger partial charge on any atom is -0.490 e. The second-order valence-electron chi connectivity index (χ2n) is 6.55. The largest absolute Gasteiger partial charge is 0.490 e. The fourth-order valence-corrected chi connectivity index (χ4v) is 3.03. The van der Waals surface area contributed by atoms with Crippen LogP contribution in [0.4, 0.5) is 5.69 Å². The van der Waals surface area contributed by atoms with Gasteiger partial charge in [-0.1, -0.05) is 54.6 Å². The molecule has 0 fully saturated rings. The molecule has 0 bridgehead atoms. The quantitative estimate of drug-likeness (QED) is 0.426. The fraction of sp³-hybridized carbons (Fsp3) is 0.0800. The molecule has 144 valence electrons. The standard InChI is InChI=1S/C25H21NO3/c27-25(26-22-14-13-19-7-4-5-8-20(19)17-22)21-9-6-12-24(18-21)29-16-15-28-23-10-2-1-3-11-23/h1-14,17-18H,15-16H2,(H,26,27). The van der Waals surface area contributed by atoms with Gasteiger partial charge in [0.2, 0.25) is 0 Å². The van der Waals surface area contributed by atoms with Gasteiger partial charge in [0.1, 0.15) is 24.7 Å². The Kier molecular flexibility index (Phi) is 5.72. The van der Waals surface area contributed by atoms with Crippen LogP contribution in [0.25, 0.3) is 10.8 Å². The summed E-state index contributed by atoms with van der Waals surface area (Å²) in [4.78, 5) is 12.6. The third kappa shape index (κ3) is 4.93. The molecule has 4 heteroatoms. The van der Waals surface area contributed by atoms with Crippen molar-refractivity contribution in [1.82, 2.24) is 0 Å². The predicted molar refractivity (Wildman–Crippen MR) is 116 cm³/mol. The van der Waals surface area contributed by atoms with E-state index in [0.29, 0.717) is 24.5 Å². The maximum Gasteiger partial charge on any atom is 0.255 e. The van der Waals surface area contributed by atoms with E-state index in [-0.39, 0.29) is 5.91 Å². The molecule has 0 aliphatic heterocycles. The van der Waals surface area contributed by atoms with Crippen molar-refractivity contribution in [3.05, 3.63) is 103 Å². The van der Waals surface area contributed by atoms with Crippen molar-refractivity contribution in [3.8, 4) is 11.5 Å². The minimum atomic E-state index is -0.175. The molecule has 1 N–H and O–H groups in total. The number of rotatable bonds is 7. The second kappa shape index (κ2) is 8.93. The van der Waals surface area contributed by atoms with Gasteiger partial charge in [0.05, 0.1) is 0 Å². The van der Waals surface area contributed by atoms with Crippen LogP contribution in [-0.4, -0.2) is 19.1 Å². The van der Waals surface area contributed by atoms with Gasteiger partial charge in [0, 0.05) is 11.3 Å². The number of fused-ring (bicyclic) bond motifs is 1. The summed E-state index contributed by atoms with van der Waals surface area (Å²) in [6, 6.07) is 30.6. The molecular weight excluding hydrogens is 362 g/mol. The Bertz CT molecular complexity index is 1110. The Balaban J connectivity index is 1.35. The van der Waals surface area contributed by atoms with Crippen LogP contribution >= 0.6 is 0 Å². The summed E-state index contributed by atoms with van der Waals surface area (Å²) in [5, 5.41) is 5.17. The maximum atomic E-state index is 12.6. The number of anilines is 1. The van der Waals surface area contributed by atoms with Crippen LogP contribution in [0.2, 0.25) is 0 Å². The molecular formula is C25H21NO3. The molecule has 4 rings (SSSR count). The smallest absolute Gasteiger partial charge is 0.255 e. The first kappa shape index (κ1) is 18.6. The van der Waals surface area contributed by atoms with E-state index in [2.05, 4.69) is 5.32 Å². The summed E-state index contributed by atoms with van der Waals surface area (Å²) in [5.74, 6) is 1.26. The third-order valence-corrected chi connectivity index (χ3v) is 4.47. The second-order valence-corrected chi connectivity index (χ2v) is 6.55.